The van der Waals surface area contributed by atoms with Crippen molar-refractivity contribution in [3.8, 4) is 10.6 Å². The molecule has 0 N–H and O–H groups in total. The summed E-state index contributed by atoms with van der Waals surface area (Å²) in [6.07, 6.45) is -0.805. The molecule has 1 amide bonds. The fourth-order valence-electron chi connectivity index (χ4n) is 2.96. The van der Waals surface area contributed by atoms with E-state index in [4.69, 9.17) is 0 Å². The van der Waals surface area contributed by atoms with Gasteiger partial charge in [-0.2, -0.15) is 18.3 Å². The molecule has 1 aliphatic rings. The second kappa shape index (κ2) is 6.23. The summed E-state index contributed by atoms with van der Waals surface area (Å²) in [4.78, 5) is 14.6. The standard InChI is InChI=1S/C16H18F3N3OS/c1-21(2)15(23)13-8-7-12(24-13)11-9-14(16(17,18)19)20-22(11)10-5-3-4-6-10/h7-10H,3-6H2,1-2H3. The molecule has 1 aliphatic carbocycles. The Morgan fingerprint density at radius 1 is 1.29 bits per heavy atom. The maximum atomic E-state index is 13.1. The summed E-state index contributed by atoms with van der Waals surface area (Å²) in [6.45, 7) is 0. The van der Waals surface area contributed by atoms with E-state index in [9.17, 15) is 18.0 Å². The summed E-state index contributed by atoms with van der Waals surface area (Å²) in [5.41, 5.74) is -0.435. The number of nitrogens with zero attached hydrogens (tertiary/aromatic N) is 3. The lowest BCUT2D eigenvalue weighted by Gasteiger charge is -2.13. The second-order valence-electron chi connectivity index (χ2n) is 6.16. The van der Waals surface area contributed by atoms with E-state index in [1.54, 1.807) is 26.2 Å². The number of carbonyl (C=O) groups is 1. The fraction of sp³-hybridized carbons (Fsp3) is 0.500. The highest BCUT2D eigenvalue weighted by atomic mass is 32.1. The van der Waals surface area contributed by atoms with Crippen molar-refractivity contribution in [2.75, 3.05) is 14.1 Å². The normalized spacial score (nSPS) is 15.9. The molecule has 0 radical (unpaired) electrons. The van der Waals surface area contributed by atoms with Crippen LogP contribution in [-0.4, -0.2) is 34.7 Å². The molecule has 0 bridgehead atoms. The third-order valence-electron chi connectivity index (χ3n) is 4.17. The van der Waals surface area contributed by atoms with Crippen LogP contribution >= 0.6 is 11.3 Å². The molecule has 4 nitrogen and oxygen atoms in total. The Hall–Kier alpha value is -1.83. The zero-order valence-corrected chi connectivity index (χ0v) is 14.2. The van der Waals surface area contributed by atoms with E-state index in [0.29, 0.717) is 15.4 Å². The van der Waals surface area contributed by atoms with Gasteiger partial charge in [-0.25, -0.2) is 0 Å². The van der Waals surface area contributed by atoms with Gasteiger partial charge < -0.3 is 4.90 Å². The van der Waals surface area contributed by atoms with Crippen LogP contribution in [0.5, 0.6) is 0 Å². The Labute approximate surface area is 141 Å². The summed E-state index contributed by atoms with van der Waals surface area (Å²) in [7, 11) is 3.29. The first-order valence-corrected chi connectivity index (χ1v) is 8.57. The molecule has 2 aromatic rings. The molecule has 0 spiro atoms. The van der Waals surface area contributed by atoms with Crippen molar-refractivity contribution in [3.05, 3.63) is 28.8 Å². The summed E-state index contributed by atoms with van der Waals surface area (Å²) < 4.78 is 40.8. The van der Waals surface area contributed by atoms with E-state index in [1.165, 1.54) is 20.9 Å². The quantitative estimate of drug-likeness (QED) is 0.814. The summed E-state index contributed by atoms with van der Waals surface area (Å²) in [5.74, 6) is -0.158. The predicted molar refractivity (Wildman–Crippen MR) is 86.1 cm³/mol. The molecule has 0 saturated heterocycles. The van der Waals surface area contributed by atoms with E-state index in [0.717, 1.165) is 31.7 Å². The molecule has 130 valence electrons. The number of alkyl halides is 3. The molecule has 0 aromatic carbocycles. The van der Waals surface area contributed by atoms with Crippen LogP contribution in [-0.2, 0) is 6.18 Å². The minimum absolute atomic E-state index is 0.00815. The lowest BCUT2D eigenvalue weighted by Crippen LogP contribution is -2.20. The first kappa shape index (κ1) is 17.0. The molecule has 0 aliphatic heterocycles. The number of amides is 1. The summed E-state index contributed by atoms with van der Waals surface area (Å²) in [5, 5.41) is 3.83. The smallest absolute Gasteiger partial charge is 0.344 e. The molecule has 2 heterocycles. The van der Waals surface area contributed by atoms with Gasteiger partial charge in [0.05, 0.1) is 21.5 Å². The van der Waals surface area contributed by atoms with Gasteiger partial charge in [-0.15, -0.1) is 11.3 Å². The van der Waals surface area contributed by atoms with Crippen LogP contribution < -0.4 is 0 Å². The van der Waals surface area contributed by atoms with E-state index in [1.807, 2.05) is 0 Å². The van der Waals surface area contributed by atoms with E-state index in [-0.39, 0.29) is 11.9 Å². The van der Waals surface area contributed by atoms with Crippen LogP contribution in [0.1, 0.15) is 47.1 Å². The average Bonchev–Trinajstić information content (AvgIpc) is 3.23. The van der Waals surface area contributed by atoms with Crippen LogP contribution in [0.25, 0.3) is 10.6 Å². The van der Waals surface area contributed by atoms with Gasteiger partial charge in [0.15, 0.2) is 5.69 Å². The van der Waals surface area contributed by atoms with Crippen molar-refractivity contribution in [1.82, 2.24) is 14.7 Å². The predicted octanol–water partition coefficient (Wildman–Crippen LogP) is 4.45. The van der Waals surface area contributed by atoms with Crippen molar-refractivity contribution in [2.45, 2.75) is 37.9 Å². The van der Waals surface area contributed by atoms with E-state index < -0.39 is 11.9 Å². The molecule has 3 rings (SSSR count). The molecule has 0 unspecified atom stereocenters. The van der Waals surface area contributed by atoms with Crippen molar-refractivity contribution in [2.24, 2.45) is 0 Å². The van der Waals surface area contributed by atoms with Crippen molar-refractivity contribution in [1.29, 1.82) is 0 Å². The molecular weight excluding hydrogens is 339 g/mol. The second-order valence-corrected chi connectivity index (χ2v) is 7.24. The minimum atomic E-state index is -4.47. The Kier molecular flexibility index (Phi) is 4.42. The van der Waals surface area contributed by atoms with Gasteiger partial charge >= 0.3 is 6.18 Å². The average molecular weight is 357 g/mol. The Balaban J connectivity index is 2.03. The van der Waals surface area contributed by atoms with Crippen molar-refractivity contribution in [3.63, 3.8) is 0 Å². The van der Waals surface area contributed by atoms with Crippen LogP contribution in [0.3, 0.4) is 0 Å². The maximum Gasteiger partial charge on any atom is 0.435 e. The van der Waals surface area contributed by atoms with Gasteiger partial charge in [0.25, 0.3) is 5.91 Å². The number of thiophene rings is 1. The molecule has 24 heavy (non-hydrogen) atoms. The zero-order chi connectivity index (χ0) is 17.5. The third-order valence-corrected chi connectivity index (χ3v) is 5.27. The largest absolute Gasteiger partial charge is 0.435 e. The Morgan fingerprint density at radius 3 is 2.54 bits per heavy atom. The van der Waals surface area contributed by atoms with E-state index >= 15 is 0 Å². The number of carbonyl (C=O) groups excluding carboxylic acids is 1. The van der Waals surface area contributed by atoms with Gasteiger partial charge in [-0.05, 0) is 31.0 Å². The molecule has 1 fully saturated rings. The molecule has 2 aromatic heterocycles. The van der Waals surface area contributed by atoms with Crippen molar-refractivity contribution < 1.29 is 18.0 Å². The Bertz CT molecular complexity index is 742. The van der Waals surface area contributed by atoms with Crippen molar-refractivity contribution >= 4 is 17.2 Å². The first-order chi connectivity index (χ1) is 11.3. The number of halogens is 3. The van der Waals surface area contributed by atoms with Crippen LogP contribution in [0.2, 0.25) is 0 Å². The van der Waals surface area contributed by atoms with Crippen LogP contribution in [0.4, 0.5) is 13.2 Å². The van der Waals surface area contributed by atoms with Crippen LogP contribution in [0, 0.1) is 0 Å². The topological polar surface area (TPSA) is 38.1 Å². The van der Waals surface area contributed by atoms with Crippen LogP contribution in [0.15, 0.2) is 18.2 Å². The molecular formula is C16H18F3N3OS. The number of hydrogen-bond donors (Lipinski definition) is 0. The van der Waals surface area contributed by atoms with Gasteiger partial charge in [-0.1, -0.05) is 12.8 Å². The summed E-state index contributed by atoms with van der Waals surface area (Å²) >= 11 is 1.20. The van der Waals surface area contributed by atoms with Gasteiger partial charge in [0.1, 0.15) is 0 Å². The molecule has 0 atom stereocenters. The summed E-state index contributed by atoms with van der Waals surface area (Å²) in [6, 6.07) is 4.44. The third kappa shape index (κ3) is 3.19. The van der Waals surface area contributed by atoms with E-state index in [2.05, 4.69) is 5.10 Å². The highest BCUT2D eigenvalue weighted by Gasteiger charge is 2.36. The Morgan fingerprint density at radius 2 is 1.96 bits per heavy atom. The molecule has 1 saturated carbocycles. The number of hydrogen-bond acceptors (Lipinski definition) is 3. The van der Waals surface area contributed by atoms with Gasteiger partial charge in [0.2, 0.25) is 0 Å². The lowest BCUT2D eigenvalue weighted by molar-refractivity contribution is -0.141. The van der Waals surface area contributed by atoms with Gasteiger partial charge in [-0.3, -0.25) is 9.48 Å². The maximum absolute atomic E-state index is 13.1. The monoisotopic (exact) mass is 357 g/mol. The fourth-order valence-corrected chi connectivity index (χ4v) is 3.99. The highest BCUT2D eigenvalue weighted by Crippen LogP contribution is 2.39. The number of rotatable bonds is 3. The minimum Gasteiger partial charge on any atom is -0.344 e. The zero-order valence-electron chi connectivity index (χ0n) is 13.4. The number of aromatic nitrogens is 2. The molecule has 8 heteroatoms. The first-order valence-electron chi connectivity index (χ1n) is 7.76. The lowest BCUT2D eigenvalue weighted by atomic mass is 10.2. The SMILES string of the molecule is CN(C)C(=O)c1ccc(-c2cc(C(F)(F)F)nn2C2CCCC2)s1. The highest BCUT2D eigenvalue weighted by molar-refractivity contribution is 7.17. The van der Waals surface area contributed by atoms with Gasteiger partial charge in [0, 0.05) is 14.1 Å².